The van der Waals surface area contributed by atoms with E-state index in [0.29, 0.717) is 5.25 Å². The van der Waals surface area contributed by atoms with E-state index in [2.05, 4.69) is 5.32 Å². The number of rotatable bonds is 5. The summed E-state index contributed by atoms with van der Waals surface area (Å²) in [4.78, 5) is 11.4. The molecule has 15 heavy (non-hydrogen) atoms. The largest absolute Gasteiger partial charge is 0.395 e. The smallest absolute Gasteiger partial charge is 0.237 e. The Morgan fingerprint density at radius 3 is 2.87 bits per heavy atom. The third kappa shape index (κ3) is 2.86. The minimum atomic E-state index is -0.521. The molecule has 0 radical (unpaired) electrons. The Balaban J connectivity index is 2.53. The lowest BCUT2D eigenvalue weighted by Gasteiger charge is -2.25. The van der Waals surface area contributed by atoms with Crippen LogP contribution in [-0.2, 0) is 4.79 Å². The van der Waals surface area contributed by atoms with Gasteiger partial charge in [0.2, 0.25) is 5.91 Å². The van der Waals surface area contributed by atoms with Gasteiger partial charge < -0.3 is 16.2 Å². The van der Waals surface area contributed by atoms with Crippen LogP contribution in [0.4, 0.5) is 0 Å². The first-order valence-electron chi connectivity index (χ1n) is 5.29. The summed E-state index contributed by atoms with van der Waals surface area (Å²) in [5, 5.41) is 12.7. The molecule has 4 N–H and O–H groups in total. The van der Waals surface area contributed by atoms with Crippen molar-refractivity contribution in [3.63, 3.8) is 0 Å². The van der Waals surface area contributed by atoms with E-state index in [4.69, 9.17) is 10.8 Å². The maximum absolute atomic E-state index is 11.4. The van der Waals surface area contributed by atoms with E-state index < -0.39 is 5.54 Å². The van der Waals surface area contributed by atoms with Crippen LogP contribution < -0.4 is 11.1 Å². The number of carbonyl (C=O) groups is 1. The number of carbonyl (C=O) groups excluding carboxylic acids is 1. The lowest BCUT2D eigenvalue weighted by Crippen LogP contribution is -2.52. The van der Waals surface area contributed by atoms with Crippen molar-refractivity contribution in [1.82, 2.24) is 5.32 Å². The lowest BCUT2D eigenvalue weighted by atomic mass is 9.97. The van der Waals surface area contributed by atoms with Crippen LogP contribution in [-0.4, -0.2) is 40.7 Å². The Labute approximate surface area is 95.0 Å². The molecule has 0 aliphatic heterocycles. The van der Waals surface area contributed by atoms with Gasteiger partial charge in [-0.15, -0.1) is 0 Å². The van der Waals surface area contributed by atoms with Crippen LogP contribution >= 0.6 is 11.8 Å². The molecule has 0 spiro atoms. The average Bonchev–Trinajstić information content (AvgIpc) is 2.62. The quantitative estimate of drug-likeness (QED) is 0.628. The van der Waals surface area contributed by atoms with Gasteiger partial charge in [0, 0.05) is 10.5 Å². The van der Waals surface area contributed by atoms with Gasteiger partial charge in [0.05, 0.1) is 12.1 Å². The Hall–Kier alpha value is -0.260. The number of thioether (sulfide) groups is 1. The molecule has 1 aliphatic rings. The standard InChI is InChI=1S/C10H20N2O2S/c1-7(6-13)15-8-3-4-10(5-8,12-2)9(11)14/h7-8,12-13H,3-6H2,1-2H3,(H2,11,14). The summed E-state index contributed by atoms with van der Waals surface area (Å²) in [6.07, 6.45) is 2.56. The first kappa shape index (κ1) is 12.8. The molecule has 1 amide bonds. The topological polar surface area (TPSA) is 75.3 Å². The van der Waals surface area contributed by atoms with E-state index in [0.717, 1.165) is 19.3 Å². The van der Waals surface area contributed by atoms with Crippen molar-refractivity contribution >= 4 is 17.7 Å². The number of nitrogens with one attached hydrogen (secondary N) is 1. The Morgan fingerprint density at radius 1 is 1.80 bits per heavy atom. The number of primary amides is 1. The highest BCUT2D eigenvalue weighted by Gasteiger charge is 2.43. The number of amides is 1. The summed E-state index contributed by atoms with van der Waals surface area (Å²) in [7, 11) is 1.78. The van der Waals surface area contributed by atoms with Crippen LogP contribution in [0.25, 0.3) is 0 Å². The maximum Gasteiger partial charge on any atom is 0.237 e. The molecule has 3 atom stereocenters. The summed E-state index contributed by atoms with van der Waals surface area (Å²) in [5.74, 6) is -0.259. The first-order valence-corrected chi connectivity index (χ1v) is 6.23. The fraction of sp³-hybridized carbons (Fsp3) is 0.900. The third-order valence-electron chi connectivity index (χ3n) is 3.10. The molecule has 88 valence electrons. The van der Waals surface area contributed by atoms with Gasteiger partial charge in [-0.3, -0.25) is 4.79 Å². The van der Waals surface area contributed by atoms with Crippen LogP contribution in [0.3, 0.4) is 0 Å². The first-order chi connectivity index (χ1) is 7.04. The zero-order valence-electron chi connectivity index (χ0n) is 9.32. The highest BCUT2D eigenvalue weighted by atomic mass is 32.2. The molecule has 0 aromatic rings. The zero-order valence-corrected chi connectivity index (χ0v) is 10.1. The van der Waals surface area contributed by atoms with Crippen molar-refractivity contribution in [2.45, 2.75) is 42.2 Å². The van der Waals surface area contributed by atoms with Crippen LogP contribution in [0.1, 0.15) is 26.2 Å². The van der Waals surface area contributed by atoms with E-state index in [1.165, 1.54) is 0 Å². The molecule has 4 nitrogen and oxygen atoms in total. The molecule has 1 fully saturated rings. The predicted molar refractivity (Wildman–Crippen MR) is 62.8 cm³/mol. The number of hydrogen-bond donors (Lipinski definition) is 3. The second-order valence-electron chi connectivity index (χ2n) is 4.19. The van der Waals surface area contributed by atoms with Gasteiger partial charge in [-0.05, 0) is 26.3 Å². The predicted octanol–water partition coefficient (Wildman–Crippen LogP) is 0.0964. The highest BCUT2D eigenvalue weighted by Crippen LogP contribution is 2.38. The second kappa shape index (κ2) is 5.18. The Morgan fingerprint density at radius 2 is 2.47 bits per heavy atom. The van der Waals surface area contributed by atoms with Crippen molar-refractivity contribution in [1.29, 1.82) is 0 Å². The van der Waals surface area contributed by atoms with Crippen molar-refractivity contribution < 1.29 is 9.90 Å². The molecule has 1 aliphatic carbocycles. The van der Waals surface area contributed by atoms with Gasteiger partial charge in [0.1, 0.15) is 0 Å². The Kier molecular flexibility index (Phi) is 4.43. The molecular formula is C10H20N2O2S. The summed E-state index contributed by atoms with van der Waals surface area (Å²) in [5.41, 5.74) is 4.89. The third-order valence-corrected chi connectivity index (χ3v) is 4.50. The molecule has 0 bridgehead atoms. The van der Waals surface area contributed by atoms with Crippen LogP contribution in [0, 0.1) is 0 Å². The van der Waals surface area contributed by atoms with Gasteiger partial charge in [0.15, 0.2) is 0 Å². The summed E-state index contributed by atoms with van der Waals surface area (Å²) >= 11 is 1.74. The molecule has 3 unspecified atom stereocenters. The molecule has 0 aromatic carbocycles. The normalized spacial score (nSPS) is 32.9. The minimum Gasteiger partial charge on any atom is -0.395 e. The van der Waals surface area contributed by atoms with Crippen molar-refractivity contribution in [3.05, 3.63) is 0 Å². The molecule has 0 heterocycles. The van der Waals surface area contributed by atoms with E-state index >= 15 is 0 Å². The molecule has 1 saturated carbocycles. The highest BCUT2D eigenvalue weighted by molar-refractivity contribution is 8.00. The van der Waals surface area contributed by atoms with E-state index in [1.807, 2.05) is 6.92 Å². The van der Waals surface area contributed by atoms with Crippen LogP contribution in [0.2, 0.25) is 0 Å². The average molecular weight is 232 g/mol. The van der Waals surface area contributed by atoms with E-state index in [-0.39, 0.29) is 17.8 Å². The number of likely N-dealkylation sites (N-methyl/N-ethyl adjacent to an activating group) is 1. The van der Waals surface area contributed by atoms with Crippen molar-refractivity contribution in [2.24, 2.45) is 5.73 Å². The molecule has 1 rings (SSSR count). The summed E-state index contributed by atoms with van der Waals surface area (Å²) < 4.78 is 0. The fourth-order valence-electron chi connectivity index (χ4n) is 2.06. The van der Waals surface area contributed by atoms with Gasteiger partial charge in [-0.2, -0.15) is 11.8 Å². The SMILES string of the molecule is CNC1(C(N)=O)CCC(SC(C)CO)C1. The van der Waals surface area contributed by atoms with Crippen LogP contribution in [0.5, 0.6) is 0 Å². The minimum absolute atomic E-state index is 0.185. The molecule has 0 saturated heterocycles. The number of nitrogens with two attached hydrogens (primary N) is 1. The van der Waals surface area contributed by atoms with E-state index in [1.54, 1.807) is 18.8 Å². The zero-order chi connectivity index (χ0) is 11.5. The van der Waals surface area contributed by atoms with Gasteiger partial charge >= 0.3 is 0 Å². The van der Waals surface area contributed by atoms with Crippen molar-refractivity contribution in [3.8, 4) is 0 Å². The van der Waals surface area contributed by atoms with E-state index in [9.17, 15) is 4.79 Å². The lowest BCUT2D eigenvalue weighted by molar-refractivity contribution is -0.124. The van der Waals surface area contributed by atoms with Crippen LogP contribution in [0.15, 0.2) is 0 Å². The Bertz CT molecular complexity index is 237. The molecule has 5 heteroatoms. The van der Waals surface area contributed by atoms with Gasteiger partial charge in [0.25, 0.3) is 0 Å². The maximum atomic E-state index is 11.4. The van der Waals surface area contributed by atoms with Crippen molar-refractivity contribution in [2.75, 3.05) is 13.7 Å². The number of aliphatic hydroxyl groups is 1. The molecule has 0 aromatic heterocycles. The molecular weight excluding hydrogens is 212 g/mol. The number of hydrogen-bond acceptors (Lipinski definition) is 4. The van der Waals surface area contributed by atoms with Gasteiger partial charge in [-0.25, -0.2) is 0 Å². The fourth-order valence-corrected chi connectivity index (χ4v) is 3.44. The summed E-state index contributed by atoms with van der Waals surface area (Å²) in [6, 6.07) is 0. The monoisotopic (exact) mass is 232 g/mol. The second-order valence-corrected chi connectivity index (χ2v) is 5.93. The number of aliphatic hydroxyl groups excluding tert-OH is 1. The summed E-state index contributed by atoms with van der Waals surface area (Å²) in [6.45, 7) is 2.18. The van der Waals surface area contributed by atoms with Gasteiger partial charge in [-0.1, -0.05) is 6.92 Å².